The largest absolute Gasteiger partial charge is 0.497 e. The molecule has 120 valence electrons. The van der Waals surface area contributed by atoms with Gasteiger partial charge in [-0.25, -0.2) is 0 Å². The molecule has 0 bridgehead atoms. The highest BCUT2D eigenvalue weighted by atomic mass is 16.5. The van der Waals surface area contributed by atoms with E-state index in [2.05, 4.69) is 10.6 Å². The standard InChI is InChI=1S/C17H24N2O3/c1-12(2)19-16(21)17(8-9-17)15(20)18-10-7-13-5-4-6-14(11-13)22-3/h4-6,11-12H,7-10H2,1-3H3,(H,18,20)(H,19,21). The van der Waals surface area contributed by atoms with Crippen molar-refractivity contribution in [1.82, 2.24) is 10.6 Å². The Morgan fingerprint density at radius 1 is 1.27 bits per heavy atom. The molecule has 1 aromatic carbocycles. The van der Waals surface area contributed by atoms with Crippen molar-refractivity contribution in [3.05, 3.63) is 29.8 Å². The molecule has 1 aliphatic carbocycles. The molecule has 22 heavy (non-hydrogen) atoms. The van der Waals surface area contributed by atoms with E-state index in [4.69, 9.17) is 4.74 Å². The zero-order valence-corrected chi connectivity index (χ0v) is 13.4. The van der Waals surface area contributed by atoms with Gasteiger partial charge < -0.3 is 15.4 Å². The summed E-state index contributed by atoms with van der Waals surface area (Å²) in [4.78, 5) is 24.4. The summed E-state index contributed by atoms with van der Waals surface area (Å²) in [6, 6.07) is 7.80. The fraction of sp³-hybridized carbons (Fsp3) is 0.529. The quantitative estimate of drug-likeness (QED) is 0.753. The third-order valence-corrected chi connectivity index (χ3v) is 3.87. The molecule has 0 atom stereocenters. The average molecular weight is 304 g/mol. The monoisotopic (exact) mass is 304 g/mol. The van der Waals surface area contributed by atoms with Crippen LogP contribution in [0.25, 0.3) is 0 Å². The number of amides is 2. The summed E-state index contributed by atoms with van der Waals surface area (Å²) in [7, 11) is 1.63. The fourth-order valence-electron chi connectivity index (χ4n) is 2.40. The lowest BCUT2D eigenvalue weighted by atomic mass is 10.0. The van der Waals surface area contributed by atoms with Crippen molar-refractivity contribution in [1.29, 1.82) is 0 Å². The lowest BCUT2D eigenvalue weighted by Gasteiger charge is -2.17. The fourth-order valence-corrected chi connectivity index (χ4v) is 2.40. The topological polar surface area (TPSA) is 67.4 Å². The Bertz CT molecular complexity index is 551. The van der Waals surface area contributed by atoms with Gasteiger partial charge in [0.2, 0.25) is 11.8 Å². The molecule has 1 saturated carbocycles. The van der Waals surface area contributed by atoms with Crippen LogP contribution in [0.1, 0.15) is 32.3 Å². The summed E-state index contributed by atoms with van der Waals surface area (Å²) in [6.45, 7) is 4.31. The maximum atomic E-state index is 12.3. The number of carbonyl (C=O) groups is 2. The molecule has 1 aromatic rings. The highest BCUT2D eigenvalue weighted by molar-refractivity contribution is 6.07. The third kappa shape index (κ3) is 3.78. The van der Waals surface area contributed by atoms with Gasteiger partial charge in [0, 0.05) is 12.6 Å². The Labute approximate surface area is 131 Å². The van der Waals surface area contributed by atoms with E-state index in [0.29, 0.717) is 25.8 Å². The van der Waals surface area contributed by atoms with Crippen LogP contribution in [0.15, 0.2) is 24.3 Å². The van der Waals surface area contributed by atoms with Crippen molar-refractivity contribution in [2.75, 3.05) is 13.7 Å². The van der Waals surface area contributed by atoms with Crippen molar-refractivity contribution in [3.8, 4) is 5.75 Å². The molecule has 1 fully saturated rings. The molecule has 0 aliphatic heterocycles. The van der Waals surface area contributed by atoms with Gasteiger partial charge in [-0.2, -0.15) is 0 Å². The molecular weight excluding hydrogens is 280 g/mol. The van der Waals surface area contributed by atoms with Crippen LogP contribution < -0.4 is 15.4 Å². The molecule has 2 amide bonds. The number of ether oxygens (including phenoxy) is 1. The van der Waals surface area contributed by atoms with Gasteiger partial charge in [-0.05, 0) is 50.8 Å². The van der Waals surface area contributed by atoms with Crippen LogP contribution in [-0.2, 0) is 16.0 Å². The molecule has 1 aliphatic rings. The van der Waals surface area contributed by atoms with E-state index in [1.807, 2.05) is 38.1 Å². The Kier molecular flexibility index (Phi) is 5.06. The summed E-state index contributed by atoms with van der Waals surface area (Å²) < 4.78 is 5.17. The molecule has 0 radical (unpaired) electrons. The summed E-state index contributed by atoms with van der Waals surface area (Å²) >= 11 is 0. The van der Waals surface area contributed by atoms with E-state index in [0.717, 1.165) is 11.3 Å². The first kappa shape index (κ1) is 16.3. The minimum absolute atomic E-state index is 0.0505. The molecule has 0 saturated heterocycles. The second-order valence-corrected chi connectivity index (χ2v) is 6.07. The zero-order valence-electron chi connectivity index (χ0n) is 13.4. The minimum atomic E-state index is -0.835. The van der Waals surface area contributed by atoms with Crippen LogP contribution >= 0.6 is 0 Å². The van der Waals surface area contributed by atoms with Gasteiger partial charge in [-0.3, -0.25) is 9.59 Å². The van der Waals surface area contributed by atoms with E-state index >= 15 is 0 Å². The number of rotatable bonds is 7. The van der Waals surface area contributed by atoms with Crippen LogP contribution in [0.5, 0.6) is 5.75 Å². The Hall–Kier alpha value is -2.04. The summed E-state index contributed by atoms with van der Waals surface area (Å²) in [6.07, 6.45) is 1.98. The smallest absolute Gasteiger partial charge is 0.235 e. The van der Waals surface area contributed by atoms with Crippen molar-refractivity contribution in [2.24, 2.45) is 5.41 Å². The van der Waals surface area contributed by atoms with Crippen LogP contribution in [0.2, 0.25) is 0 Å². The number of carbonyl (C=O) groups excluding carboxylic acids is 2. The first-order valence-corrected chi connectivity index (χ1v) is 7.70. The number of hydrogen-bond acceptors (Lipinski definition) is 3. The molecule has 0 heterocycles. The molecule has 0 unspecified atom stereocenters. The second-order valence-electron chi connectivity index (χ2n) is 6.07. The first-order valence-electron chi connectivity index (χ1n) is 7.70. The first-order chi connectivity index (χ1) is 10.5. The Morgan fingerprint density at radius 3 is 2.59 bits per heavy atom. The maximum Gasteiger partial charge on any atom is 0.235 e. The summed E-state index contributed by atoms with van der Waals surface area (Å²) in [5.41, 5.74) is 0.259. The lowest BCUT2D eigenvalue weighted by Crippen LogP contribution is -2.45. The van der Waals surface area contributed by atoms with E-state index in [1.54, 1.807) is 7.11 Å². The average Bonchev–Trinajstić information content (AvgIpc) is 3.28. The van der Waals surface area contributed by atoms with Gasteiger partial charge in [0.1, 0.15) is 11.2 Å². The van der Waals surface area contributed by atoms with E-state index in [1.165, 1.54) is 0 Å². The molecule has 0 aromatic heterocycles. The Balaban J connectivity index is 1.84. The van der Waals surface area contributed by atoms with Crippen LogP contribution in [0.4, 0.5) is 0 Å². The molecule has 0 spiro atoms. The van der Waals surface area contributed by atoms with Crippen molar-refractivity contribution in [2.45, 2.75) is 39.2 Å². The highest BCUT2D eigenvalue weighted by Gasteiger charge is 2.56. The lowest BCUT2D eigenvalue weighted by molar-refractivity contribution is -0.137. The van der Waals surface area contributed by atoms with Gasteiger partial charge in [-0.1, -0.05) is 12.1 Å². The summed E-state index contributed by atoms with van der Waals surface area (Å²) in [5, 5.41) is 5.72. The molecule has 5 heteroatoms. The van der Waals surface area contributed by atoms with Crippen LogP contribution in [0.3, 0.4) is 0 Å². The van der Waals surface area contributed by atoms with Crippen LogP contribution in [-0.4, -0.2) is 31.5 Å². The molecule has 2 N–H and O–H groups in total. The van der Waals surface area contributed by atoms with E-state index < -0.39 is 5.41 Å². The zero-order chi connectivity index (χ0) is 16.2. The van der Waals surface area contributed by atoms with Gasteiger partial charge >= 0.3 is 0 Å². The highest BCUT2D eigenvalue weighted by Crippen LogP contribution is 2.46. The van der Waals surface area contributed by atoms with Crippen molar-refractivity contribution in [3.63, 3.8) is 0 Å². The molecular formula is C17H24N2O3. The van der Waals surface area contributed by atoms with E-state index in [-0.39, 0.29) is 17.9 Å². The Morgan fingerprint density at radius 2 is 2.00 bits per heavy atom. The molecule has 2 rings (SSSR count). The summed E-state index contributed by atoms with van der Waals surface area (Å²) in [5.74, 6) is 0.494. The van der Waals surface area contributed by atoms with Crippen molar-refractivity contribution >= 4 is 11.8 Å². The number of benzene rings is 1. The number of nitrogens with one attached hydrogen (secondary N) is 2. The van der Waals surface area contributed by atoms with Gasteiger partial charge in [0.05, 0.1) is 7.11 Å². The van der Waals surface area contributed by atoms with Gasteiger partial charge in [0.25, 0.3) is 0 Å². The van der Waals surface area contributed by atoms with Gasteiger partial charge in [-0.15, -0.1) is 0 Å². The molecule has 5 nitrogen and oxygen atoms in total. The van der Waals surface area contributed by atoms with E-state index in [9.17, 15) is 9.59 Å². The normalized spacial score (nSPS) is 15.3. The van der Waals surface area contributed by atoms with Crippen molar-refractivity contribution < 1.29 is 14.3 Å². The minimum Gasteiger partial charge on any atom is -0.497 e. The maximum absolute atomic E-state index is 12.3. The third-order valence-electron chi connectivity index (χ3n) is 3.87. The SMILES string of the molecule is COc1cccc(CCNC(=O)C2(C(=O)NC(C)C)CC2)c1. The number of methoxy groups -OCH3 is 1. The van der Waals surface area contributed by atoms with Gasteiger partial charge in [0.15, 0.2) is 0 Å². The van der Waals surface area contributed by atoms with Crippen LogP contribution in [0, 0.1) is 5.41 Å². The second kappa shape index (κ2) is 6.81. The number of hydrogen-bond donors (Lipinski definition) is 2. The predicted octanol–water partition coefficient (Wildman–Crippen LogP) is 1.66. The predicted molar refractivity (Wildman–Crippen MR) is 84.7 cm³/mol.